The molecule has 2 N–H and O–H groups in total. The summed E-state index contributed by atoms with van der Waals surface area (Å²) in [6, 6.07) is 13.6. The van der Waals surface area contributed by atoms with Gasteiger partial charge in [0.1, 0.15) is 17.7 Å². The molecule has 3 heterocycles. The highest BCUT2D eigenvalue weighted by Crippen LogP contribution is 2.46. The minimum absolute atomic E-state index is 0.0620. The van der Waals surface area contributed by atoms with Gasteiger partial charge in [-0.2, -0.15) is 19.3 Å². The molecule has 1 aromatic heterocycles. The number of carbonyl (C=O) groups is 1. The Kier molecular flexibility index (Phi) is 5.85. The quantitative estimate of drug-likeness (QED) is 0.572. The van der Waals surface area contributed by atoms with Crippen molar-refractivity contribution >= 4 is 17.4 Å². The summed E-state index contributed by atoms with van der Waals surface area (Å²) in [7, 11) is 1.27. The lowest BCUT2D eigenvalue weighted by atomic mass is 9.92. The number of rotatable bonds is 3. The van der Waals surface area contributed by atoms with Crippen LogP contribution in [0, 0.1) is 28.5 Å². The fourth-order valence-corrected chi connectivity index (χ4v) is 4.84. The third-order valence-electron chi connectivity index (χ3n) is 6.91. The first-order valence-electron chi connectivity index (χ1n) is 11.6. The summed E-state index contributed by atoms with van der Waals surface area (Å²) in [6.07, 6.45) is 1.46. The molecule has 186 valence electrons. The number of pyridine rings is 1. The van der Waals surface area contributed by atoms with Crippen molar-refractivity contribution in [3.63, 3.8) is 0 Å². The third-order valence-corrected chi connectivity index (χ3v) is 6.91. The Balaban J connectivity index is 1.74. The van der Waals surface area contributed by atoms with Gasteiger partial charge < -0.3 is 15.5 Å². The number of nitrogens with two attached hydrogens (primary N) is 1. The van der Waals surface area contributed by atoms with E-state index in [9.17, 15) is 23.2 Å². The van der Waals surface area contributed by atoms with E-state index >= 15 is 0 Å². The van der Waals surface area contributed by atoms with Gasteiger partial charge in [-0.05, 0) is 48.7 Å². The number of nitrogens with zero attached hydrogens (tertiary/aromatic N) is 5. The maximum absolute atomic E-state index is 14.8. The zero-order valence-corrected chi connectivity index (χ0v) is 19.8. The molecule has 5 rings (SSSR count). The lowest BCUT2D eigenvalue weighted by molar-refractivity contribution is -0.141. The molecule has 3 aromatic rings. The molecule has 2 aliphatic rings. The smallest absolute Gasteiger partial charge is 0.352 e. The van der Waals surface area contributed by atoms with Crippen LogP contribution in [0.1, 0.15) is 29.5 Å². The molecule has 0 unspecified atom stereocenters. The predicted octanol–water partition coefficient (Wildman–Crippen LogP) is 4.29. The van der Waals surface area contributed by atoms with Crippen LogP contribution < -0.4 is 15.5 Å². The molecule has 0 bridgehead atoms. The van der Waals surface area contributed by atoms with Gasteiger partial charge in [-0.3, -0.25) is 4.79 Å². The summed E-state index contributed by atoms with van der Waals surface area (Å²) >= 11 is 0. The monoisotopic (exact) mass is 502 g/mol. The van der Waals surface area contributed by atoms with Crippen LogP contribution in [0.4, 0.5) is 24.7 Å². The average molecular weight is 503 g/mol. The summed E-state index contributed by atoms with van der Waals surface area (Å²) in [5.41, 5.74) is 6.55. The number of likely N-dealkylation sites (N-methyl/N-ethyl adjacent to an activating group) is 1. The highest BCUT2D eigenvalue weighted by atomic mass is 19.3. The van der Waals surface area contributed by atoms with Crippen molar-refractivity contribution in [3.05, 3.63) is 65.0 Å². The van der Waals surface area contributed by atoms with Crippen LogP contribution in [-0.4, -0.2) is 37.1 Å². The number of amides is 1. The molecule has 37 heavy (non-hydrogen) atoms. The normalized spacial score (nSPS) is 16.9. The maximum atomic E-state index is 14.8. The minimum atomic E-state index is -3.73. The van der Waals surface area contributed by atoms with Crippen molar-refractivity contribution in [3.8, 4) is 34.5 Å². The number of hydrogen-bond donors (Lipinski definition) is 1. The molecule has 7 nitrogen and oxygen atoms in total. The lowest BCUT2D eigenvalue weighted by Gasteiger charge is -2.31. The molecule has 0 radical (unpaired) electrons. The first kappa shape index (κ1) is 24.3. The molecule has 0 saturated carbocycles. The number of carbonyl (C=O) groups excluding carboxylic acids is 1. The van der Waals surface area contributed by atoms with Gasteiger partial charge in [0, 0.05) is 37.3 Å². The Hall–Kier alpha value is -4.41. The van der Waals surface area contributed by atoms with E-state index in [1.54, 1.807) is 12.1 Å². The van der Waals surface area contributed by atoms with E-state index in [4.69, 9.17) is 16.0 Å². The zero-order chi connectivity index (χ0) is 26.5. The number of halogens is 3. The molecule has 0 aliphatic carbocycles. The summed E-state index contributed by atoms with van der Waals surface area (Å²) in [6.45, 7) is 1.22. The van der Waals surface area contributed by atoms with Gasteiger partial charge in [0.2, 0.25) is 0 Å². The Bertz CT molecular complexity index is 1520. The van der Waals surface area contributed by atoms with E-state index < -0.39 is 23.2 Å². The van der Waals surface area contributed by atoms with E-state index in [0.717, 1.165) is 23.8 Å². The molecule has 1 saturated heterocycles. The first-order chi connectivity index (χ1) is 17.6. The van der Waals surface area contributed by atoms with Crippen LogP contribution in [0.3, 0.4) is 0 Å². The number of alkyl halides is 2. The fourth-order valence-electron chi connectivity index (χ4n) is 4.84. The fraction of sp³-hybridized carbons (Fsp3) is 0.259. The van der Waals surface area contributed by atoms with Crippen LogP contribution in [-0.2, 0) is 10.7 Å². The van der Waals surface area contributed by atoms with Crippen LogP contribution in [0.2, 0.25) is 0 Å². The third kappa shape index (κ3) is 3.96. The minimum Gasteiger partial charge on any atom is -0.356 e. The van der Waals surface area contributed by atoms with E-state index in [0.29, 0.717) is 18.9 Å². The summed E-state index contributed by atoms with van der Waals surface area (Å²) < 4.78 is 44.2. The second-order valence-corrected chi connectivity index (χ2v) is 9.16. The van der Waals surface area contributed by atoms with E-state index in [1.807, 2.05) is 4.90 Å². The topological polar surface area (TPSA) is 110 Å². The van der Waals surface area contributed by atoms with Crippen molar-refractivity contribution in [2.45, 2.75) is 24.8 Å². The number of nitriles is 2. The standard InChI is InChI=1S/C27H21F3N6O/c1-35-22-5-4-15(10-20(22)27(29,30)26(35)37)24-18(14-32)12-23(36-8-6-19(33)7-9-36)34-25(24)16-2-3-17(13-31)21(28)11-16/h2-5,10-12,19H,6-9,33H2,1H3. The molecule has 2 aromatic carbocycles. The SMILES string of the molecule is CN1C(=O)C(F)(F)c2cc(-c3c(C#N)cc(N4CCC(N)CC4)nc3-c3ccc(C#N)c(F)c3)ccc21. The van der Waals surface area contributed by atoms with Crippen LogP contribution in [0.15, 0.2) is 42.5 Å². The Morgan fingerprint density at radius 2 is 1.70 bits per heavy atom. The summed E-state index contributed by atoms with van der Waals surface area (Å²) in [5.74, 6) is -5.36. The Labute approximate surface area is 211 Å². The molecule has 1 amide bonds. The van der Waals surface area contributed by atoms with Gasteiger partial charge in [0.25, 0.3) is 0 Å². The van der Waals surface area contributed by atoms with Crippen LogP contribution in [0.25, 0.3) is 22.4 Å². The lowest BCUT2D eigenvalue weighted by Crippen LogP contribution is -2.40. The predicted molar refractivity (Wildman–Crippen MR) is 131 cm³/mol. The van der Waals surface area contributed by atoms with E-state index in [-0.39, 0.29) is 45.2 Å². The maximum Gasteiger partial charge on any atom is 0.352 e. The molecular formula is C27H21F3N6O. The number of fused-ring (bicyclic) bond motifs is 1. The van der Waals surface area contributed by atoms with Gasteiger partial charge in [0.15, 0.2) is 0 Å². The molecule has 10 heteroatoms. The van der Waals surface area contributed by atoms with Gasteiger partial charge in [0.05, 0.1) is 34.1 Å². The molecule has 0 atom stereocenters. The van der Waals surface area contributed by atoms with Crippen LogP contribution >= 0.6 is 0 Å². The van der Waals surface area contributed by atoms with Gasteiger partial charge in [-0.15, -0.1) is 0 Å². The van der Waals surface area contributed by atoms with Gasteiger partial charge >= 0.3 is 11.8 Å². The number of benzene rings is 2. The van der Waals surface area contributed by atoms with Crippen molar-refractivity contribution in [1.29, 1.82) is 10.5 Å². The van der Waals surface area contributed by atoms with Gasteiger partial charge in [-0.25, -0.2) is 9.37 Å². The molecule has 2 aliphatic heterocycles. The van der Waals surface area contributed by atoms with Gasteiger partial charge in [-0.1, -0.05) is 12.1 Å². The number of aromatic nitrogens is 1. The van der Waals surface area contributed by atoms with Crippen molar-refractivity contribution in [2.75, 3.05) is 29.9 Å². The van der Waals surface area contributed by atoms with Crippen molar-refractivity contribution in [2.24, 2.45) is 5.73 Å². The van der Waals surface area contributed by atoms with Crippen LogP contribution in [0.5, 0.6) is 0 Å². The van der Waals surface area contributed by atoms with E-state index in [2.05, 4.69) is 6.07 Å². The largest absolute Gasteiger partial charge is 0.356 e. The number of piperidine rings is 1. The average Bonchev–Trinajstić information content (AvgIpc) is 3.07. The second kappa shape index (κ2) is 8.91. The zero-order valence-electron chi connectivity index (χ0n) is 19.8. The Morgan fingerprint density at radius 1 is 1.03 bits per heavy atom. The van der Waals surface area contributed by atoms with Crippen molar-refractivity contribution in [1.82, 2.24) is 4.98 Å². The number of hydrogen-bond acceptors (Lipinski definition) is 6. The summed E-state index contributed by atoms with van der Waals surface area (Å²) in [5, 5.41) is 19.2. The highest BCUT2D eigenvalue weighted by molar-refractivity contribution is 6.06. The number of anilines is 2. The Morgan fingerprint density at radius 3 is 2.35 bits per heavy atom. The molecular weight excluding hydrogens is 481 g/mol. The molecule has 1 fully saturated rings. The van der Waals surface area contributed by atoms with Crippen molar-refractivity contribution < 1.29 is 18.0 Å². The second-order valence-electron chi connectivity index (χ2n) is 9.16. The molecule has 0 spiro atoms. The van der Waals surface area contributed by atoms with E-state index in [1.165, 1.54) is 37.4 Å². The first-order valence-corrected chi connectivity index (χ1v) is 11.6. The highest BCUT2D eigenvalue weighted by Gasteiger charge is 2.51. The summed E-state index contributed by atoms with van der Waals surface area (Å²) in [4.78, 5) is 19.7.